The number of amides is 1. The van der Waals surface area contributed by atoms with Crippen LogP contribution in [0.3, 0.4) is 0 Å². The maximum absolute atomic E-state index is 12.4. The van der Waals surface area contributed by atoms with Crippen molar-refractivity contribution in [2.24, 2.45) is 0 Å². The van der Waals surface area contributed by atoms with Crippen LogP contribution in [0.15, 0.2) is 97.2 Å². The summed E-state index contributed by atoms with van der Waals surface area (Å²) in [4.78, 5) is 23.1. The van der Waals surface area contributed by atoms with Gasteiger partial charge in [-0.25, -0.2) is 0 Å². The molecule has 0 fully saturated rings. The van der Waals surface area contributed by atoms with Crippen LogP contribution in [0.2, 0.25) is 0 Å². The standard InChI is InChI=1S/C29H28N2O4/c32-28(30-25-11-4-5-12-27(25)35-19-7-14-29(33)34)13-6-10-22-15-16-26-24(20-22)17-18-31(26)21-23-8-2-1-3-9-23/h1-6,8-9,11-13,15-18,20H,7,10,14,19,21H2,(H,30,32)(H,33,34). The van der Waals surface area contributed by atoms with Crippen LogP contribution in [0.5, 0.6) is 5.75 Å². The van der Waals surface area contributed by atoms with E-state index < -0.39 is 5.97 Å². The van der Waals surface area contributed by atoms with Crippen molar-refractivity contribution >= 4 is 28.5 Å². The van der Waals surface area contributed by atoms with Crippen LogP contribution in [0.25, 0.3) is 10.9 Å². The van der Waals surface area contributed by atoms with E-state index in [4.69, 9.17) is 9.84 Å². The second kappa shape index (κ2) is 11.7. The molecule has 1 aromatic heterocycles. The summed E-state index contributed by atoms with van der Waals surface area (Å²) < 4.78 is 7.87. The molecule has 4 aromatic rings. The predicted octanol–water partition coefficient (Wildman–Crippen LogP) is 5.67. The average Bonchev–Trinajstić information content (AvgIpc) is 3.25. The maximum Gasteiger partial charge on any atom is 0.303 e. The van der Waals surface area contributed by atoms with E-state index in [0.717, 1.165) is 12.1 Å². The Hall–Kier alpha value is -4.32. The summed E-state index contributed by atoms with van der Waals surface area (Å²) in [5.41, 5.74) is 4.12. The van der Waals surface area contributed by atoms with Crippen molar-refractivity contribution in [1.82, 2.24) is 4.57 Å². The molecule has 0 bridgehead atoms. The number of carbonyl (C=O) groups excluding carboxylic acids is 1. The number of hydrogen-bond acceptors (Lipinski definition) is 3. The third-order valence-corrected chi connectivity index (χ3v) is 5.59. The molecule has 0 aliphatic carbocycles. The Kier molecular flexibility index (Phi) is 7.96. The van der Waals surface area contributed by atoms with Gasteiger partial charge in [0.2, 0.25) is 5.91 Å². The first kappa shape index (κ1) is 23.8. The van der Waals surface area contributed by atoms with Gasteiger partial charge in [0.05, 0.1) is 12.3 Å². The van der Waals surface area contributed by atoms with E-state index in [0.29, 0.717) is 24.3 Å². The van der Waals surface area contributed by atoms with Gasteiger partial charge < -0.3 is 19.7 Å². The predicted molar refractivity (Wildman–Crippen MR) is 138 cm³/mol. The topological polar surface area (TPSA) is 80.6 Å². The highest BCUT2D eigenvalue weighted by Crippen LogP contribution is 2.24. The van der Waals surface area contributed by atoms with E-state index in [1.807, 2.05) is 18.2 Å². The van der Waals surface area contributed by atoms with Gasteiger partial charge in [0.25, 0.3) is 0 Å². The lowest BCUT2D eigenvalue weighted by molar-refractivity contribution is -0.137. The van der Waals surface area contributed by atoms with Crippen LogP contribution in [-0.2, 0) is 22.6 Å². The van der Waals surface area contributed by atoms with Crippen molar-refractivity contribution in [3.8, 4) is 5.75 Å². The van der Waals surface area contributed by atoms with E-state index >= 15 is 0 Å². The lowest BCUT2D eigenvalue weighted by Gasteiger charge is -2.11. The molecule has 1 heterocycles. The maximum atomic E-state index is 12.4. The number of nitrogens with one attached hydrogen (secondary N) is 1. The molecule has 6 nitrogen and oxygen atoms in total. The summed E-state index contributed by atoms with van der Waals surface area (Å²) in [6, 6.07) is 26.0. The molecular weight excluding hydrogens is 440 g/mol. The molecule has 0 unspecified atom stereocenters. The van der Waals surface area contributed by atoms with Crippen molar-refractivity contribution in [2.45, 2.75) is 25.8 Å². The highest BCUT2D eigenvalue weighted by atomic mass is 16.5. The molecular formula is C29H28N2O4. The first-order valence-electron chi connectivity index (χ1n) is 11.6. The molecule has 0 aliphatic heterocycles. The SMILES string of the molecule is O=C(O)CCCOc1ccccc1NC(=O)C=CCc1ccc2c(ccn2Cc2ccccc2)c1. The number of ether oxygens (including phenoxy) is 1. The third kappa shape index (κ3) is 6.84. The van der Waals surface area contributed by atoms with Gasteiger partial charge >= 0.3 is 5.97 Å². The summed E-state index contributed by atoms with van der Waals surface area (Å²) in [6.07, 6.45) is 6.55. The minimum Gasteiger partial charge on any atom is -0.491 e. The van der Waals surface area contributed by atoms with E-state index in [1.165, 1.54) is 22.5 Å². The number of carboxylic acid groups (broad SMARTS) is 1. The number of allylic oxidation sites excluding steroid dienone is 1. The van der Waals surface area contributed by atoms with E-state index in [1.54, 1.807) is 18.2 Å². The summed E-state index contributed by atoms with van der Waals surface area (Å²) in [6.45, 7) is 1.10. The van der Waals surface area contributed by atoms with Crippen LogP contribution >= 0.6 is 0 Å². The number of hydrogen-bond donors (Lipinski definition) is 2. The molecule has 4 rings (SSSR count). The lowest BCUT2D eigenvalue weighted by atomic mass is 10.1. The number of anilines is 1. The molecule has 1 amide bonds. The molecule has 0 radical (unpaired) electrons. The average molecular weight is 469 g/mol. The molecule has 0 atom stereocenters. The number of aromatic nitrogens is 1. The van der Waals surface area contributed by atoms with Gasteiger partial charge in [0, 0.05) is 24.7 Å². The van der Waals surface area contributed by atoms with Crippen LogP contribution in [0, 0.1) is 0 Å². The monoisotopic (exact) mass is 468 g/mol. The quantitative estimate of drug-likeness (QED) is 0.220. The lowest BCUT2D eigenvalue weighted by Crippen LogP contribution is -2.10. The number of nitrogens with zero attached hydrogens (tertiary/aromatic N) is 1. The van der Waals surface area contributed by atoms with Crippen LogP contribution in [0.4, 0.5) is 5.69 Å². The molecule has 6 heteroatoms. The molecule has 0 saturated carbocycles. The number of carbonyl (C=O) groups is 2. The fourth-order valence-electron chi connectivity index (χ4n) is 3.87. The minimum atomic E-state index is -0.857. The molecule has 178 valence electrons. The zero-order valence-electron chi connectivity index (χ0n) is 19.4. The van der Waals surface area contributed by atoms with Gasteiger partial charge in [-0.1, -0.05) is 54.6 Å². The Morgan fingerprint density at radius 1 is 0.943 bits per heavy atom. The number of fused-ring (bicyclic) bond motifs is 1. The Balaban J connectivity index is 1.32. The van der Waals surface area contributed by atoms with E-state index in [2.05, 4.69) is 64.6 Å². The zero-order valence-corrected chi connectivity index (χ0v) is 19.4. The Labute approximate surface area is 204 Å². The molecule has 0 saturated heterocycles. The van der Waals surface area contributed by atoms with Crippen molar-refractivity contribution < 1.29 is 19.4 Å². The van der Waals surface area contributed by atoms with Crippen molar-refractivity contribution in [3.05, 3.63) is 108 Å². The summed E-state index contributed by atoms with van der Waals surface area (Å²) in [5.74, 6) is -0.587. The normalized spacial score (nSPS) is 11.1. The number of carboxylic acids is 1. The minimum absolute atomic E-state index is 0.0425. The van der Waals surface area contributed by atoms with Gasteiger partial charge in [-0.15, -0.1) is 0 Å². The highest BCUT2D eigenvalue weighted by molar-refractivity contribution is 6.00. The van der Waals surface area contributed by atoms with Crippen molar-refractivity contribution in [1.29, 1.82) is 0 Å². The summed E-state index contributed by atoms with van der Waals surface area (Å²) >= 11 is 0. The molecule has 0 aliphatic rings. The second-order valence-corrected chi connectivity index (χ2v) is 8.26. The fraction of sp³-hybridized carbons (Fsp3) is 0.172. The van der Waals surface area contributed by atoms with Gasteiger partial charge in [-0.3, -0.25) is 9.59 Å². The Morgan fingerprint density at radius 2 is 1.74 bits per heavy atom. The first-order chi connectivity index (χ1) is 17.1. The number of benzene rings is 3. The molecule has 0 spiro atoms. The zero-order chi connectivity index (χ0) is 24.5. The number of para-hydroxylation sites is 2. The largest absolute Gasteiger partial charge is 0.491 e. The Bertz CT molecular complexity index is 1330. The van der Waals surface area contributed by atoms with Gasteiger partial charge in [-0.2, -0.15) is 0 Å². The van der Waals surface area contributed by atoms with Gasteiger partial charge in [0.1, 0.15) is 5.75 Å². The number of aliphatic carboxylic acids is 1. The van der Waals surface area contributed by atoms with Gasteiger partial charge in [0.15, 0.2) is 0 Å². The highest BCUT2D eigenvalue weighted by Gasteiger charge is 2.07. The molecule has 2 N–H and O–H groups in total. The Morgan fingerprint density at radius 3 is 2.57 bits per heavy atom. The second-order valence-electron chi connectivity index (χ2n) is 8.26. The van der Waals surface area contributed by atoms with E-state index in [9.17, 15) is 9.59 Å². The van der Waals surface area contributed by atoms with Crippen molar-refractivity contribution in [2.75, 3.05) is 11.9 Å². The van der Waals surface area contributed by atoms with Crippen LogP contribution in [0.1, 0.15) is 24.0 Å². The summed E-state index contributed by atoms with van der Waals surface area (Å²) in [7, 11) is 0. The molecule has 35 heavy (non-hydrogen) atoms. The molecule has 3 aromatic carbocycles. The van der Waals surface area contributed by atoms with Crippen molar-refractivity contribution in [3.63, 3.8) is 0 Å². The van der Waals surface area contributed by atoms with E-state index in [-0.39, 0.29) is 18.9 Å². The van der Waals surface area contributed by atoms with Gasteiger partial charge in [-0.05, 0) is 65.8 Å². The van der Waals surface area contributed by atoms with Crippen LogP contribution in [-0.4, -0.2) is 28.2 Å². The number of rotatable bonds is 11. The summed E-state index contributed by atoms with van der Waals surface area (Å²) in [5, 5.41) is 12.7. The smallest absolute Gasteiger partial charge is 0.303 e. The first-order valence-corrected chi connectivity index (χ1v) is 11.6. The fourth-order valence-corrected chi connectivity index (χ4v) is 3.87. The van der Waals surface area contributed by atoms with Crippen LogP contribution < -0.4 is 10.1 Å². The third-order valence-electron chi connectivity index (χ3n) is 5.59.